The number of nitrogen functional groups attached to an aromatic ring is 1. The van der Waals surface area contributed by atoms with Crippen molar-refractivity contribution in [1.29, 1.82) is 0 Å². The molecule has 1 amide bonds. The van der Waals surface area contributed by atoms with Crippen LogP contribution in [-0.4, -0.2) is 19.6 Å². The highest BCUT2D eigenvalue weighted by Crippen LogP contribution is 2.40. The second kappa shape index (κ2) is 12.3. The Morgan fingerprint density at radius 3 is 2.59 bits per heavy atom. The van der Waals surface area contributed by atoms with Crippen LogP contribution in [0.25, 0.3) is 5.57 Å². The zero-order chi connectivity index (χ0) is 27.9. The van der Waals surface area contributed by atoms with Crippen molar-refractivity contribution in [1.82, 2.24) is 0 Å². The first-order valence-corrected chi connectivity index (χ1v) is 13.0. The van der Waals surface area contributed by atoms with Crippen molar-refractivity contribution in [2.75, 3.05) is 34.9 Å². The van der Waals surface area contributed by atoms with E-state index in [1.165, 1.54) is 6.07 Å². The van der Waals surface area contributed by atoms with Gasteiger partial charge in [0.1, 0.15) is 11.6 Å². The van der Waals surface area contributed by atoms with Crippen LogP contribution in [0.1, 0.15) is 36.8 Å². The fraction of sp³-hybridized carbons (Fsp3) is 0.219. The van der Waals surface area contributed by atoms with Gasteiger partial charge in [-0.3, -0.25) is 4.79 Å². The second-order valence-electron chi connectivity index (χ2n) is 9.61. The van der Waals surface area contributed by atoms with Gasteiger partial charge >= 0.3 is 0 Å². The van der Waals surface area contributed by atoms with Crippen LogP contribution in [0.2, 0.25) is 0 Å². The van der Waals surface area contributed by atoms with Crippen molar-refractivity contribution in [3.8, 4) is 5.75 Å². The number of para-hydroxylation sites is 2. The number of amides is 1. The smallest absolute Gasteiger partial charge is 0.224 e. The van der Waals surface area contributed by atoms with Crippen LogP contribution >= 0.6 is 0 Å². The van der Waals surface area contributed by atoms with Gasteiger partial charge in [0.25, 0.3) is 0 Å². The highest BCUT2D eigenvalue weighted by atomic mass is 19.1. The Morgan fingerprint density at radius 1 is 1.05 bits per heavy atom. The Bertz CT molecular complexity index is 1430. The number of hydrogen-bond acceptors (Lipinski definition) is 5. The highest BCUT2D eigenvalue weighted by molar-refractivity contribution is 5.94. The lowest BCUT2D eigenvalue weighted by atomic mass is 9.92. The summed E-state index contributed by atoms with van der Waals surface area (Å²) in [6.07, 6.45) is 5.02. The number of nitrogens with two attached hydrogens (primary N) is 1. The lowest BCUT2D eigenvalue weighted by Gasteiger charge is -2.32. The maximum absolute atomic E-state index is 13.8. The number of aryl methyl sites for hydroxylation is 1. The average Bonchev–Trinajstić information content (AvgIpc) is 2.92. The van der Waals surface area contributed by atoms with Crippen molar-refractivity contribution < 1.29 is 13.9 Å². The van der Waals surface area contributed by atoms with Crippen molar-refractivity contribution in [3.63, 3.8) is 0 Å². The van der Waals surface area contributed by atoms with E-state index in [0.717, 1.165) is 59.6 Å². The molecule has 0 fully saturated rings. The summed E-state index contributed by atoms with van der Waals surface area (Å²) < 4.78 is 19.2. The molecule has 6 nitrogen and oxygen atoms in total. The fourth-order valence-electron chi connectivity index (χ4n) is 4.56. The molecule has 1 aliphatic heterocycles. The quantitative estimate of drug-likeness (QED) is 0.181. The number of fused-ring (bicyclic) bond motifs is 1. The average molecular weight is 527 g/mol. The molecule has 0 saturated heterocycles. The minimum absolute atomic E-state index is 0.0415. The topological polar surface area (TPSA) is 79.6 Å². The number of methoxy groups -OCH3 is 1. The number of nitrogens with one attached hydrogen (secondary N) is 2. The molecule has 3 aromatic rings. The molecule has 0 bridgehead atoms. The van der Waals surface area contributed by atoms with Gasteiger partial charge in [-0.1, -0.05) is 31.7 Å². The number of carbonyl (C=O) groups excluding carboxylic acids is 1. The third-order valence-corrected chi connectivity index (χ3v) is 6.76. The minimum atomic E-state index is -0.249. The van der Waals surface area contributed by atoms with Crippen LogP contribution in [-0.2, 0) is 4.79 Å². The predicted molar refractivity (Wildman–Crippen MR) is 159 cm³/mol. The molecule has 0 radical (unpaired) electrons. The zero-order valence-electron chi connectivity index (χ0n) is 22.5. The van der Waals surface area contributed by atoms with E-state index in [0.29, 0.717) is 29.1 Å². The molecule has 4 N–H and O–H groups in total. The van der Waals surface area contributed by atoms with E-state index in [2.05, 4.69) is 28.7 Å². The maximum Gasteiger partial charge on any atom is 0.224 e. The molecule has 0 aliphatic carbocycles. The van der Waals surface area contributed by atoms with E-state index in [1.807, 2.05) is 36.5 Å². The van der Waals surface area contributed by atoms with E-state index in [4.69, 9.17) is 10.5 Å². The Labute approximate surface area is 229 Å². The third-order valence-electron chi connectivity index (χ3n) is 6.76. The molecule has 7 heteroatoms. The largest absolute Gasteiger partial charge is 0.497 e. The molecule has 0 unspecified atom stereocenters. The molecule has 0 saturated carbocycles. The number of ether oxygens (including phenoxy) is 1. The maximum atomic E-state index is 13.8. The summed E-state index contributed by atoms with van der Waals surface area (Å²) in [7, 11) is 1.64. The number of halogens is 1. The predicted octanol–water partition coefficient (Wildman–Crippen LogP) is 7.27. The summed E-state index contributed by atoms with van der Waals surface area (Å²) in [5.41, 5.74) is 12.8. The first-order valence-electron chi connectivity index (χ1n) is 13.0. The first kappa shape index (κ1) is 27.5. The number of hydrogen-bond donors (Lipinski definition) is 3. The van der Waals surface area contributed by atoms with E-state index in [1.54, 1.807) is 38.3 Å². The molecule has 202 valence electrons. The minimum Gasteiger partial charge on any atom is -0.497 e. The SMILES string of the molecule is C=C(Nc1ccc(F)c(C)c1)C1=CN(CCCCCC(=O)Nc2ccccc2N)c2ccc(OC)cc2C1=C. The number of nitrogens with zero attached hydrogens (tertiary/aromatic N) is 1. The molecule has 0 atom stereocenters. The number of anilines is 4. The molecule has 3 aromatic carbocycles. The van der Waals surface area contributed by atoms with E-state index < -0.39 is 0 Å². The van der Waals surface area contributed by atoms with Gasteiger partial charge in [-0.15, -0.1) is 0 Å². The first-order chi connectivity index (χ1) is 18.8. The van der Waals surface area contributed by atoms with Crippen molar-refractivity contribution >= 4 is 34.2 Å². The number of unbranched alkanes of at least 4 members (excludes halogenated alkanes) is 2. The van der Waals surface area contributed by atoms with Crippen LogP contribution in [0.5, 0.6) is 5.75 Å². The monoisotopic (exact) mass is 526 g/mol. The lowest BCUT2D eigenvalue weighted by Crippen LogP contribution is -2.24. The summed E-state index contributed by atoms with van der Waals surface area (Å²) in [5.74, 6) is 0.454. The summed E-state index contributed by atoms with van der Waals surface area (Å²) >= 11 is 0. The van der Waals surface area contributed by atoms with Gasteiger partial charge in [0.2, 0.25) is 5.91 Å². The molecule has 1 heterocycles. The van der Waals surface area contributed by atoms with Gasteiger partial charge in [-0.25, -0.2) is 4.39 Å². The standard InChI is InChI=1S/C32H35FN4O2/c1-21-18-24(13-15-28(21)33)35-23(3)27-20-37(31-16-14-25(39-4)19-26(31)22(27)2)17-9-5-6-12-32(38)36-30-11-8-7-10-29(30)34/h7-8,10-11,13-16,18-20,35H,2-3,5-6,9,12,17,34H2,1,4H3,(H,36,38). The number of carbonyl (C=O) groups is 1. The Hall–Kier alpha value is -4.52. The summed E-state index contributed by atoms with van der Waals surface area (Å²) in [6.45, 7) is 11.1. The van der Waals surface area contributed by atoms with Gasteiger partial charge in [0, 0.05) is 47.4 Å². The van der Waals surface area contributed by atoms with Gasteiger partial charge in [-0.05, 0) is 79.4 Å². The molecule has 4 rings (SSSR count). The number of allylic oxidation sites excluding steroid dienone is 1. The molecular formula is C32H35FN4O2. The zero-order valence-corrected chi connectivity index (χ0v) is 22.5. The number of rotatable bonds is 11. The van der Waals surface area contributed by atoms with Gasteiger partial charge in [-0.2, -0.15) is 0 Å². The molecule has 39 heavy (non-hydrogen) atoms. The Kier molecular flexibility index (Phi) is 8.71. The van der Waals surface area contributed by atoms with Crippen LogP contribution in [0.4, 0.5) is 27.1 Å². The van der Waals surface area contributed by atoms with Crippen LogP contribution in [0.3, 0.4) is 0 Å². The van der Waals surface area contributed by atoms with Crippen molar-refractivity contribution in [2.24, 2.45) is 0 Å². The summed E-state index contributed by atoms with van der Waals surface area (Å²) in [5, 5.41) is 6.18. The van der Waals surface area contributed by atoms with Gasteiger partial charge < -0.3 is 26.0 Å². The van der Waals surface area contributed by atoms with E-state index in [9.17, 15) is 9.18 Å². The second-order valence-corrected chi connectivity index (χ2v) is 9.61. The lowest BCUT2D eigenvalue weighted by molar-refractivity contribution is -0.116. The molecule has 0 spiro atoms. The summed E-state index contributed by atoms with van der Waals surface area (Å²) in [4.78, 5) is 14.5. The van der Waals surface area contributed by atoms with E-state index >= 15 is 0 Å². The van der Waals surface area contributed by atoms with Crippen LogP contribution in [0, 0.1) is 12.7 Å². The number of benzene rings is 3. The van der Waals surface area contributed by atoms with Crippen molar-refractivity contribution in [2.45, 2.75) is 32.6 Å². The van der Waals surface area contributed by atoms with Gasteiger partial charge in [0.05, 0.1) is 18.5 Å². The normalized spacial score (nSPS) is 12.4. The molecule has 0 aromatic heterocycles. The highest BCUT2D eigenvalue weighted by Gasteiger charge is 2.23. The Morgan fingerprint density at radius 2 is 1.85 bits per heavy atom. The fourth-order valence-corrected chi connectivity index (χ4v) is 4.56. The molecular weight excluding hydrogens is 491 g/mol. The van der Waals surface area contributed by atoms with E-state index in [-0.39, 0.29) is 11.7 Å². The van der Waals surface area contributed by atoms with Crippen molar-refractivity contribution in [3.05, 3.63) is 108 Å². The Balaban J connectivity index is 1.41. The third kappa shape index (κ3) is 6.68. The molecule has 1 aliphatic rings. The van der Waals surface area contributed by atoms with Gasteiger partial charge in [0.15, 0.2) is 0 Å². The van der Waals surface area contributed by atoms with Crippen LogP contribution < -0.4 is 26.0 Å². The summed E-state index contributed by atoms with van der Waals surface area (Å²) in [6, 6.07) is 18.1. The van der Waals surface area contributed by atoms with Crippen LogP contribution in [0.15, 0.2) is 91.3 Å².